The first-order valence-electron chi connectivity index (χ1n) is 8.91. The molecule has 7 nitrogen and oxygen atoms in total. The summed E-state index contributed by atoms with van der Waals surface area (Å²) in [5, 5.41) is 0. The second-order valence-electron chi connectivity index (χ2n) is 6.60. The smallest absolute Gasteiger partial charge is 0.409 e. The summed E-state index contributed by atoms with van der Waals surface area (Å²) in [6.07, 6.45) is 1.45. The van der Waals surface area contributed by atoms with Crippen molar-refractivity contribution in [3.05, 3.63) is 29.8 Å². The van der Waals surface area contributed by atoms with Crippen molar-refractivity contribution in [1.82, 2.24) is 9.80 Å². The molecule has 0 saturated carbocycles. The fourth-order valence-electron chi connectivity index (χ4n) is 2.63. The van der Waals surface area contributed by atoms with Gasteiger partial charge in [-0.05, 0) is 32.5 Å². The van der Waals surface area contributed by atoms with Crippen molar-refractivity contribution in [1.29, 1.82) is 0 Å². The molecule has 1 amide bonds. The number of piperazine rings is 1. The molecule has 0 aromatic heterocycles. The highest BCUT2D eigenvalue weighted by Crippen LogP contribution is 2.16. The molecule has 26 heavy (non-hydrogen) atoms. The van der Waals surface area contributed by atoms with Crippen LogP contribution in [-0.4, -0.2) is 70.2 Å². The molecule has 2 rings (SSSR count). The van der Waals surface area contributed by atoms with E-state index in [1.807, 2.05) is 25.8 Å². The molecule has 0 radical (unpaired) electrons. The Kier molecular flexibility index (Phi) is 7.43. The van der Waals surface area contributed by atoms with Gasteiger partial charge in [0.25, 0.3) is 10.1 Å². The van der Waals surface area contributed by atoms with E-state index in [1.165, 1.54) is 12.1 Å². The predicted octanol–water partition coefficient (Wildman–Crippen LogP) is 2.25. The van der Waals surface area contributed by atoms with Crippen LogP contribution in [0.15, 0.2) is 29.2 Å². The maximum absolute atomic E-state index is 12.3. The van der Waals surface area contributed by atoms with Crippen molar-refractivity contribution in [3.63, 3.8) is 0 Å². The number of benzene rings is 1. The van der Waals surface area contributed by atoms with E-state index in [2.05, 4.69) is 0 Å². The van der Waals surface area contributed by atoms with E-state index in [0.717, 1.165) is 18.4 Å². The van der Waals surface area contributed by atoms with Crippen LogP contribution in [0.5, 0.6) is 0 Å². The highest BCUT2D eigenvalue weighted by Gasteiger charge is 2.30. The Bertz CT molecular complexity index is 690. The lowest BCUT2D eigenvalue weighted by atomic mass is 10.2. The van der Waals surface area contributed by atoms with Crippen LogP contribution < -0.4 is 0 Å². The summed E-state index contributed by atoms with van der Waals surface area (Å²) in [5.41, 5.74) is 0.980. The van der Waals surface area contributed by atoms with Gasteiger partial charge in [0.1, 0.15) is 0 Å². The number of amides is 1. The molecule has 1 aliphatic rings. The SMILES string of the molecule is CCCCOC(=O)N1CCN(C)C(COS(=O)(=O)c2ccc(C)cc2)C1. The maximum Gasteiger partial charge on any atom is 0.409 e. The van der Waals surface area contributed by atoms with Crippen LogP contribution in [0, 0.1) is 6.92 Å². The molecule has 0 aliphatic carbocycles. The van der Waals surface area contributed by atoms with Gasteiger partial charge in [0.15, 0.2) is 0 Å². The zero-order valence-electron chi connectivity index (χ0n) is 15.7. The van der Waals surface area contributed by atoms with Gasteiger partial charge in [-0.15, -0.1) is 0 Å². The quantitative estimate of drug-likeness (QED) is 0.530. The number of carbonyl (C=O) groups excluding carboxylic acids is 1. The molecule has 0 bridgehead atoms. The minimum atomic E-state index is -3.82. The molecule has 1 saturated heterocycles. The van der Waals surface area contributed by atoms with Crippen LogP contribution in [0.1, 0.15) is 25.3 Å². The summed E-state index contributed by atoms with van der Waals surface area (Å²) in [4.78, 5) is 15.9. The second-order valence-corrected chi connectivity index (χ2v) is 8.22. The average Bonchev–Trinajstić information content (AvgIpc) is 2.61. The van der Waals surface area contributed by atoms with Crippen molar-refractivity contribution >= 4 is 16.2 Å². The van der Waals surface area contributed by atoms with Crippen LogP contribution in [0.2, 0.25) is 0 Å². The molecule has 8 heteroatoms. The number of carbonyl (C=O) groups is 1. The highest BCUT2D eigenvalue weighted by atomic mass is 32.2. The Labute approximate surface area is 156 Å². The van der Waals surface area contributed by atoms with Gasteiger partial charge in [0, 0.05) is 19.6 Å². The molecule has 1 aliphatic heterocycles. The summed E-state index contributed by atoms with van der Waals surface area (Å²) in [5.74, 6) is 0. The lowest BCUT2D eigenvalue weighted by molar-refractivity contribution is 0.0462. The minimum Gasteiger partial charge on any atom is -0.449 e. The summed E-state index contributed by atoms with van der Waals surface area (Å²) in [6.45, 7) is 5.90. The number of aryl methyl sites for hydroxylation is 1. The van der Waals surface area contributed by atoms with Crippen LogP contribution in [0.25, 0.3) is 0 Å². The molecule has 1 fully saturated rings. The Hall–Kier alpha value is -1.64. The van der Waals surface area contributed by atoms with Crippen LogP contribution in [0.4, 0.5) is 4.79 Å². The monoisotopic (exact) mass is 384 g/mol. The van der Waals surface area contributed by atoms with E-state index in [1.54, 1.807) is 17.0 Å². The lowest BCUT2D eigenvalue weighted by Crippen LogP contribution is -2.55. The summed E-state index contributed by atoms with van der Waals surface area (Å²) < 4.78 is 35.2. The fraction of sp³-hybridized carbons (Fsp3) is 0.611. The molecule has 1 aromatic carbocycles. The average molecular weight is 384 g/mol. The molecule has 1 unspecified atom stereocenters. The van der Waals surface area contributed by atoms with E-state index in [4.69, 9.17) is 8.92 Å². The predicted molar refractivity (Wildman–Crippen MR) is 98.6 cm³/mol. The Morgan fingerprint density at radius 2 is 1.92 bits per heavy atom. The highest BCUT2D eigenvalue weighted by molar-refractivity contribution is 7.86. The molecular weight excluding hydrogens is 356 g/mol. The van der Waals surface area contributed by atoms with Gasteiger partial charge in [-0.1, -0.05) is 31.0 Å². The van der Waals surface area contributed by atoms with E-state index in [-0.39, 0.29) is 23.6 Å². The van der Waals surface area contributed by atoms with Gasteiger partial charge in [0.2, 0.25) is 0 Å². The first-order valence-corrected chi connectivity index (χ1v) is 10.3. The van der Waals surface area contributed by atoms with Gasteiger partial charge in [-0.25, -0.2) is 4.79 Å². The lowest BCUT2D eigenvalue weighted by Gasteiger charge is -2.38. The summed E-state index contributed by atoms with van der Waals surface area (Å²) >= 11 is 0. The zero-order valence-corrected chi connectivity index (χ0v) is 16.5. The van der Waals surface area contributed by atoms with Gasteiger partial charge in [-0.3, -0.25) is 9.08 Å². The van der Waals surface area contributed by atoms with E-state index < -0.39 is 10.1 Å². The topological polar surface area (TPSA) is 76.2 Å². The molecule has 1 heterocycles. The van der Waals surface area contributed by atoms with Crippen LogP contribution in [-0.2, 0) is 19.0 Å². The second kappa shape index (κ2) is 9.34. The van der Waals surface area contributed by atoms with Crippen molar-refractivity contribution in [2.45, 2.75) is 37.6 Å². The summed E-state index contributed by atoms with van der Waals surface area (Å²) in [7, 11) is -1.92. The van der Waals surface area contributed by atoms with Gasteiger partial charge >= 0.3 is 6.09 Å². The Morgan fingerprint density at radius 3 is 2.58 bits per heavy atom. The number of rotatable bonds is 7. The summed E-state index contributed by atoms with van der Waals surface area (Å²) in [6, 6.07) is 6.33. The first-order chi connectivity index (χ1) is 12.3. The number of likely N-dealkylation sites (N-methyl/N-ethyl adjacent to an activating group) is 1. The Balaban J connectivity index is 1.92. The van der Waals surface area contributed by atoms with Crippen molar-refractivity contribution in [3.8, 4) is 0 Å². The van der Waals surface area contributed by atoms with Crippen molar-refractivity contribution in [2.24, 2.45) is 0 Å². The Morgan fingerprint density at radius 1 is 1.23 bits per heavy atom. The van der Waals surface area contributed by atoms with Crippen LogP contribution >= 0.6 is 0 Å². The first kappa shape index (κ1) is 20.7. The van der Waals surface area contributed by atoms with Crippen molar-refractivity contribution < 1.29 is 22.1 Å². The molecule has 0 N–H and O–H groups in total. The number of hydrogen-bond donors (Lipinski definition) is 0. The molecular formula is C18H28N2O5S. The van der Waals surface area contributed by atoms with Crippen LogP contribution in [0.3, 0.4) is 0 Å². The normalized spacial score (nSPS) is 18.7. The number of ether oxygens (including phenoxy) is 1. The molecule has 146 valence electrons. The maximum atomic E-state index is 12.3. The third kappa shape index (κ3) is 5.69. The zero-order chi connectivity index (χ0) is 19.2. The number of nitrogens with zero attached hydrogens (tertiary/aromatic N) is 2. The van der Waals surface area contributed by atoms with Gasteiger partial charge in [0.05, 0.1) is 24.2 Å². The molecule has 0 spiro atoms. The molecule has 1 atom stereocenters. The minimum absolute atomic E-state index is 0.00848. The van der Waals surface area contributed by atoms with E-state index in [0.29, 0.717) is 26.2 Å². The number of hydrogen-bond acceptors (Lipinski definition) is 6. The van der Waals surface area contributed by atoms with Crippen molar-refractivity contribution in [2.75, 3.05) is 39.9 Å². The largest absolute Gasteiger partial charge is 0.449 e. The van der Waals surface area contributed by atoms with Gasteiger partial charge in [-0.2, -0.15) is 8.42 Å². The van der Waals surface area contributed by atoms with E-state index in [9.17, 15) is 13.2 Å². The van der Waals surface area contributed by atoms with Gasteiger partial charge < -0.3 is 9.64 Å². The standard InChI is InChI=1S/C18H28N2O5S/c1-4-5-12-24-18(21)20-11-10-19(3)16(13-20)14-25-26(22,23)17-8-6-15(2)7-9-17/h6-9,16H,4-5,10-14H2,1-3H3. The third-order valence-corrected chi connectivity index (χ3v) is 5.78. The van der Waals surface area contributed by atoms with E-state index >= 15 is 0 Å². The number of unbranched alkanes of at least 4 members (excludes halogenated alkanes) is 1. The molecule has 1 aromatic rings. The third-order valence-electron chi connectivity index (χ3n) is 4.48. The fourth-order valence-corrected chi connectivity index (χ4v) is 3.57.